The van der Waals surface area contributed by atoms with Crippen LogP contribution in [0.25, 0.3) is 0 Å². The summed E-state index contributed by atoms with van der Waals surface area (Å²) in [7, 11) is 0. The maximum absolute atomic E-state index is 3.42. The van der Waals surface area contributed by atoms with E-state index in [1.54, 1.807) is 0 Å². The fraction of sp³-hybridized carbons (Fsp3) is 0.455. The standard InChI is InChI=1S/C11H14N/c1-2-5-10(6-3-1)11-7-4-8-12-9-11/h1-2,5-6,11-12H,4,7-9H2/t11-/m1/s1. The summed E-state index contributed by atoms with van der Waals surface area (Å²) in [5.41, 5.74) is 1.43. The Morgan fingerprint density at radius 3 is 3.17 bits per heavy atom. The minimum atomic E-state index is 0.719. The van der Waals surface area contributed by atoms with Crippen LogP contribution in [0.4, 0.5) is 0 Å². The number of piperidine rings is 1. The molecular weight excluding hydrogens is 146 g/mol. The first-order chi connectivity index (χ1) is 5.97. The van der Waals surface area contributed by atoms with Gasteiger partial charge in [0, 0.05) is 6.54 Å². The highest BCUT2D eigenvalue weighted by Crippen LogP contribution is 2.21. The second kappa shape index (κ2) is 3.72. The molecule has 0 aromatic heterocycles. The van der Waals surface area contributed by atoms with Crippen LogP contribution in [-0.4, -0.2) is 13.1 Å². The molecule has 1 aliphatic heterocycles. The van der Waals surface area contributed by atoms with E-state index in [1.165, 1.54) is 24.9 Å². The van der Waals surface area contributed by atoms with E-state index in [1.807, 2.05) is 6.07 Å². The first-order valence-corrected chi connectivity index (χ1v) is 4.63. The zero-order chi connectivity index (χ0) is 8.23. The Morgan fingerprint density at radius 1 is 1.50 bits per heavy atom. The van der Waals surface area contributed by atoms with E-state index in [4.69, 9.17) is 0 Å². The van der Waals surface area contributed by atoms with Crippen molar-refractivity contribution < 1.29 is 0 Å². The average molecular weight is 160 g/mol. The Morgan fingerprint density at radius 2 is 2.50 bits per heavy atom. The predicted molar refractivity (Wildman–Crippen MR) is 50.1 cm³/mol. The molecule has 0 unspecified atom stereocenters. The van der Waals surface area contributed by atoms with Crippen LogP contribution < -0.4 is 5.32 Å². The Bertz CT molecular complexity index is 224. The van der Waals surface area contributed by atoms with E-state index in [-0.39, 0.29) is 0 Å². The van der Waals surface area contributed by atoms with E-state index in [0.29, 0.717) is 0 Å². The van der Waals surface area contributed by atoms with E-state index < -0.39 is 0 Å². The third-order valence-electron chi connectivity index (χ3n) is 2.50. The fourth-order valence-corrected chi connectivity index (χ4v) is 1.80. The van der Waals surface area contributed by atoms with E-state index >= 15 is 0 Å². The van der Waals surface area contributed by atoms with Crippen LogP contribution in [0.2, 0.25) is 0 Å². The predicted octanol–water partition coefficient (Wildman–Crippen LogP) is 1.95. The summed E-state index contributed by atoms with van der Waals surface area (Å²) in [6, 6.07) is 11.5. The molecule has 1 heteroatoms. The molecule has 1 aromatic rings. The molecule has 1 aliphatic rings. The molecule has 12 heavy (non-hydrogen) atoms. The molecule has 63 valence electrons. The van der Waals surface area contributed by atoms with Gasteiger partial charge in [0.1, 0.15) is 0 Å². The first kappa shape index (κ1) is 7.81. The second-order valence-electron chi connectivity index (χ2n) is 3.38. The van der Waals surface area contributed by atoms with Crippen molar-refractivity contribution >= 4 is 0 Å². The average Bonchev–Trinajstić information content (AvgIpc) is 2.21. The third-order valence-corrected chi connectivity index (χ3v) is 2.50. The van der Waals surface area contributed by atoms with Crippen LogP contribution in [0, 0.1) is 6.07 Å². The van der Waals surface area contributed by atoms with Crippen LogP contribution in [0.1, 0.15) is 24.3 Å². The van der Waals surface area contributed by atoms with Gasteiger partial charge in [0.25, 0.3) is 0 Å². The summed E-state index contributed by atoms with van der Waals surface area (Å²) in [5, 5.41) is 3.42. The molecule has 0 aliphatic carbocycles. The van der Waals surface area contributed by atoms with Gasteiger partial charge in [0.2, 0.25) is 0 Å². The van der Waals surface area contributed by atoms with E-state index in [9.17, 15) is 0 Å². The fourth-order valence-electron chi connectivity index (χ4n) is 1.80. The molecule has 1 N–H and O–H groups in total. The molecule has 1 nitrogen and oxygen atoms in total. The molecule has 1 saturated heterocycles. The minimum absolute atomic E-state index is 0.719. The Balaban J connectivity index is 2.08. The first-order valence-electron chi connectivity index (χ1n) is 4.63. The van der Waals surface area contributed by atoms with Gasteiger partial charge >= 0.3 is 0 Å². The summed E-state index contributed by atoms with van der Waals surface area (Å²) in [6.45, 7) is 2.32. The summed E-state index contributed by atoms with van der Waals surface area (Å²) < 4.78 is 0. The third kappa shape index (κ3) is 1.67. The minimum Gasteiger partial charge on any atom is -0.316 e. The Kier molecular flexibility index (Phi) is 2.42. The van der Waals surface area contributed by atoms with Crippen LogP contribution >= 0.6 is 0 Å². The Labute approximate surface area is 73.8 Å². The van der Waals surface area contributed by atoms with Gasteiger partial charge in [-0.05, 0) is 36.9 Å². The molecular formula is C11H14N. The second-order valence-corrected chi connectivity index (χ2v) is 3.38. The van der Waals surface area contributed by atoms with Crippen LogP contribution in [-0.2, 0) is 0 Å². The van der Waals surface area contributed by atoms with Crippen molar-refractivity contribution in [1.82, 2.24) is 5.32 Å². The van der Waals surface area contributed by atoms with Crippen molar-refractivity contribution in [1.29, 1.82) is 0 Å². The smallest absolute Gasteiger partial charge is 0.00201 e. The highest BCUT2D eigenvalue weighted by Gasteiger charge is 2.13. The van der Waals surface area contributed by atoms with Crippen LogP contribution in [0.5, 0.6) is 0 Å². The number of rotatable bonds is 1. The number of nitrogens with one attached hydrogen (secondary N) is 1. The highest BCUT2D eigenvalue weighted by molar-refractivity contribution is 5.19. The molecule has 0 saturated carbocycles. The van der Waals surface area contributed by atoms with Crippen molar-refractivity contribution in [2.45, 2.75) is 18.8 Å². The van der Waals surface area contributed by atoms with Crippen molar-refractivity contribution in [3.8, 4) is 0 Å². The summed E-state index contributed by atoms with van der Waals surface area (Å²) >= 11 is 0. The van der Waals surface area contributed by atoms with Crippen LogP contribution in [0.3, 0.4) is 0 Å². The quantitative estimate of drug-likeness (QED) is 0.662. The number of benzene rings is 1. The molecule has 2 rings (SSSR count). The van der Waals surface area contributed by atoms with Crippen LogP contribution in [0.15, 0.2) is 24.3 Å². The lowest BCUT2D eigenvalue weighted by atomic mass is 9.92. The maximum atomic E-state index is 3.42. The van der Waals surface area contributed by atoms with E-state index in [2.05, 4.69) is 29.6 Å². The van der Waals surface area contributed by atoms with Gasteiger partial charge in [-0.2, -0.15) is 0 Å². The molecule has 0 bridgehead atoms. The van der Waals surface area contributed by atoms with Crippen molar-refractivity contribution in [3.63, 3.8) is 0 Å². The molecule has 1 fully saturated rings. The van der Waals surface area contributed by atoms with Gasteiger partial charge < -0.3 is 5.32 Å². The number of hydrogen-bond donors (Lipinski definition) is 1. The van der Waals surface area contributed by atoms with Gasteiger partial charge in [0.15, 0.2) is 0 Å². The van der Waals surface area contributed by atoms with Gasteiger partial charge in [-0.15, -0.1) is 0 Å². The largest absolute Gasteiger partial charge is 0.316 e. The van der Waals surface area contributed by atoms with E-state index in [0.717, 1.165) is 12.5 Å². The number of hydrogen-bond acceptors (Lipinski definition) is 1. The molecule has 1 radical (unpaired) electrons. The molecule has 1 atom stereocenters. The molecule has 0 amide bonds. The van der Waals surface area contributed by atoms with Crippen molar-refractivity contribution in [3.05, 3.63) is 35.9 Å². The normalized spacial score (nSPS) is 23.8. The summed E-state index contributed by atoms with van der Waals surface area (Å²) in [6.07, 6.45) is 2.63. The molecule has 1 aromatic carbocycles. The maximum Gasteiger partial charge on any atom is 0.00201 e. The molecule has 1 heterocycles. The van der Waals surface area contributed by atoms with Gasteiger partial charge in [-0.1, -0.05) is 24.3 Å². The topological polar surface area (TPSA) is 12.0 Å². The lowest BCUT2D eigenvalue weighted by molar-refractivity contribution is 0.461. The summed E-state index contributed by atoms with van der Waals surface area (Å²) in [4.78, 5) is 0. The zero-order valence-corrected chi connectivity index (χ0v) is 7.22. The zero-order valence-electron chi connectivity index (χ0n) is 7.22. The SMILES string of the molecule is [c]1cccc([C@@H]2CCCNC2)c1. The lowest BCUT2D eigenvalue weighted by Gasteiger charge is -2.22. The molecule has 0 spiro atoms. The van der Waals surface area contributed by atoms with Crippen molar-refractivity contribution in [2.75, 3.05) is 13.1 Å². The monoisotopic (exact) mass is 160 g/mol. The van der Waals surface area contributed by atoms with Gasteiger partial charge in [0.05, 0.1) is 0 Å². The summed E-state index contributed by atoms with van der Waals surface area (Å²) in [5.74, 6) is 0.719. The van der Waals surface area contributed by atoms with Gasteiger partial charge in [-0.25, -0.2) is 0 Å². The highest BCUT2D eigenvalue weighted by atomic mass is 14.9. The Hall–Kier alpha value is -0.820. The van der Waals surface area contributed by atoms with Crippen molar-refractivity contribution in [2.24, 2.45) is 0 Å². The lowest BCUT2D eigenvalue weighted by Crippen LogP contribution is -2.28. The van der Waals surface area contributed by atoms with Gasteiger partial charge in [-0.3, -0.25) is 0 Å².